The first-order chi connectivity index (χ1) is 11.0. The van der Waals surface area contributed by atoms with Crippen LogP contribution in [0.5, 0.6) is 0 Å². The first kappa shape index (κ1) is 16.0. The number of benzene rings is 1. The smallest absolute Gasteiger partial charge is 0.255 e. The van der Waals surface area contributed by atoms with Crippen molar-refractivity contribution in [2.24, 2.45) is 0 Å². The van der Waals surface area contributed by atoms with Crippen LogP contribution in [0.25, 0.3) is 0 Å². The average Bonchev–Trinajstić information content (AvgIpc) is 2.93. The minimum Gasteiger partial charge on any atom is -0.338 e. The molecule has 3 rings (SSSR count). The summed E-state index contributed by atoms with van der Waals surface area (Å²) in [6.07, 6.45) is 0. The average molecular weight is 335 g/mol. The van der Waals surface area contributed by atoms with E-state index >= 15 is 0 Å². The Hall–Kier alpha value is -1.92. The van der Waals surface area contributed by atoms with E-state index in [0.717, 1.165) is 12.1 Å². The van der Waals surface area contributed by atoms with Crippen molar-refractivity contribution >= 4 is 17.5 Å². The van der Waals surface area contributed by atoms with Gasteiger partial charge in [0.15, 0.2) is 5.82 Å². The zero-order valence-electron chi connectivity index (χ0n) is 13.4. The van der Waals surface area contributed by atoms with Crippen molar-refractivity contribution in [1.29, 1.82) is 0 Å². The lowest BCUT2D eigenvalue weighted by Gasteiger charge is -2.37. The number of hydrogen-bond donors (Lipinski definition) is 0. The Bertz CT molecular complexity index is 731. The van der Waals surface area contributed by atoms with E-state index in [0.29, 0.717) is 35.4 Å². The molecule has 1 amide bonds. The van der Waals surface area contributed by atoms with Crippen LogP contribution >= 0.6 is 11.6 Å². The summed E-state index contributed by atoms with van der Waals surface area (Å²) in [5.41, 5.74) is 1.56. The molecule has 0 aliphatic carbocycles. The van der Waals surface area contributed by atoms with Gasteiger partial charge in [0.05, 0.1) is 10.6 Å². The molecule has 1 saturated heterocycles. The van der Waals surface area contributed by atoms with Crippen molar-refractivity contribution in [1.82, 2.24) is 19.9 Å². The molecular weight excluding hydrogens is 316 g/mol. The fraction of sp³-hybridized carbons (Fsp3) is 0.438. The maximum absolute atomic E-state index is 12.8. The van der Waals surface area contributed by atoms with Gasteiger partial charge in [-0.2, -0.15) is 4.98 Å². The van der Waals surface area contributed by atoms with Crippen LogP contribution in [-0.4, -0.2) is 52.5 Å². The van der Waals surface area contributed by atoms with Crippen LogP contribution < -0.4 is 0 Å². The second-order valence-electron chi connectivity index (χ2n) is 5.91. The van der Waals surface area contributed by atoms with E-state index in [2.05, 4.69) is 15.0 Å². The van der Waals surface area contributed by atoms with Gasteiger partial charge in [0.1, 0.15) is 6.04 Å². The van der Waals surface area contributed by atoms with E-state index in [1.54, 1.807) is 17.9 Å². The summed E-state index contributed by atoms with van der Waals surface area (Å²) in [5, 5.41) is 4.33. The second-order valence-corrected chi connectivity index (χ2v) is 6.32. The summed E-state index contributed by atoms with van der Waals surface area (Å²) in [6, 6.07) is 5.39. The fourth-order valence-corrected chi connectivity index (χ4v) is 3.05. The minimum absolute atomic E-state index is 0.0654. The standard InChI is InChI=1S/C16H19ClN4O2/c1-10-4-5-12(13(17)8-10)16(22)21-7-6-20(3)14(9-21)15-18-11(2)19-23-15/h4-5,8,14H,6-7,9H2,1-3H3/t14-/m0/s1. The van der Waals surface area contributed by atoms with Crippen LogP contribution in [0.15, 0.2) is 22.7 Å². The van der Waals surface area contributed by atoms with Gasteiger partial charge >= 0.3 is 0 Å². The highest BCUT2D eigenvalue weighted by molar-refractivity contribution is 6.33. The Morgan fingerprint density at radius 3 is 2.78 bits per heavy atom. The Kier molecular flexibility index (Phi) is 4.37. The Labute approximate surface area is 140 Å². The molecular formula is C16H19ClN4O2. The van der Waals surface area contributed by atoms with Crippen LogP contribution in [0, 0.1) is 13.8 Å². The third kappa shape index (κ3) is 3.23. The van der Waals surface area contributed by atoms with Gasteiger partial charge in [0.25, 0.3) is 5.91 Å². The number of carbonyl (C=O) groups is 1. The van der Waals surface area contributed by atoms with Gasteiger partial charge in [-0.05, 0) is 38.6 Å². The van der Waals surface area contributed by atoms with Crippen LogP contribution in [0.2, 0.25) is 5.02 Å². The van der Waals surface area contributed by atoms with Crippen molar-refractivity contribution in [3.8, 4) is 0 Å². The molecule has 1 aromatic heterocycles. The number of hydrogen-bond acceptors (Lipinski definition) is 5. The lowest BCUT2D eigenvalue weighted by atomic mass is 10.1. The minimum atomic E-state index is -0.0990. The number of nitrogens with zero attached hydrogens (tertiary/aromatic N) is 4. The summed E-state index contributed by atoms with van der Waals surface area (Å²) in [4.78, 5) is 21.0. The molecule has 23 heavy (non-hydrogen) atoms. The molecule has 2 heterocycles. The van der Waals surface area contributed by atoms with Crippen molar-refractivity contribution in [3.63, 3.8) is 0 Å². The molecule has 1 fully saturated rings. The molecule has 122 valence electrons. The van der Waals surface area contributed by atoms with Crippen LogP contribution in [0.3, 0.4) is 0 Å². The summed E-state index contributed by atoms with van der Waals surface area (Å²) >= 11 is 6.23. The topological polar surface area (TPSA) is 62.5 Å². The molecule has 0 saturated carbocycles. The lowest BCUT2D eigenvalue weighted by Crippen LogP contribution is -2.49. The largest absolute Gasteiger partial charge is 0.338 e. The first-order valence-electron chi connectivity index (χ1n) is 7.51. The predicted octanol–water partition coefficient (Wildman–Crippen LogP) is 2.47. The molecule has 0 unspecified atom stereocenters. The molecule has 7 heteroatoms. The molecule has 0 bridgehead atoms. The summed E-state index contributed by atoms with van der Waals surface area (Å²) in [6.45, 7) is 5.61. The summed E-state index contributed by atoms with van der Waals surface area (Å²) in [7, 11) is 1.99. The monoisotopic (exact) mass is 334 g/mol. The maximum Gasteiger partial charge on any atom is 0.255 e. The normalized spacial score (nSPS) is 19.1. The predicted molar refractivity (Wildman–Crippen MR) is 86.5 cm³/mol. The highest BCUT2D eigenvalue weighted by atomic mass is 35.5. The molecule has 1 atom stereocenters. The zero-order chi connectivity index (χ0) is 16.6. The number of halogens is 1. The maximum atomic E-state index is 12.8. The Balaban J connectivity index is 1.81. The van der Waals surface area contributed by atoms with Crippen molar-refractivity contribution < 1.29 is 9.32 Å². The Morgan fingerprint density at radius 2 is 2.13 bits per heavy atom. The van der Waals surface area contributed by atoms with E-state index in [4.69, 9.17) is 16.1 Å². The van der Waals surface area contributed by atoms with E-state index in [1.165, 1.54) is 0 Å². The molecule has 1 aliphatic rings. The third-order valence-electron chi connectivity index (χ3n) is 4.12. The lowest BCUT2D eigenvalue weighted by molar-refractivity contribution is 0.0489. The molecule has 1 aromatic carbocycles. The SMILES string of the molecule is Cc1ccc(C(=O)N2CCN(C)[C@H](c3nc(C)no3)C2)c(Cl)c1. The quantitative estimate of drug-likeness (QED) is 0.844. The first-order valence-corrected chi connectivity index (χ1v) is 7.89. The molecule has 0 radical (unpaired) electrons. The van der Waals surface area contributed by atoms with Gasteiger partial charge in [-0.15, -0.1) is 0 Å². The number of amides is 1. The van der Waals surface area contributed by atoms with Crippen LogP contribution in [-0.2, 0) is 0 Å². The van der Waals surface area contributed by atoms with Crippen molar-refractivity contribution in [2.75, 3.05) is 26.7 Å². The zero-order valence-corrected chi connectivity index (χ0v) is 14.2. The number of likely N-dealkylation sites (N-methyl/N-ethyl adjacent to an activating group) is 1. The van der Waals surface area contributed by atoms with Crippen molar-refractivity contribution in [2.45, 2.75) is 19.9 Å². The second kappa shape index (κ2) is 6.29. The molecule has 6 nitrogen and oxygen atoms in total. The van der Waals surface area contributed by atoms with E-state index in [1.807, 2.05) is 26.1 Å². The number of carbonyl (C=O) groups excluding carboxylic acids is 1. The molecule has 2 aromatic rings. The number of aromatic nitrogens is 2. The highest BCUT2D eigenvalue weighted by Crippen LogP contribution is 2.26. The fourth-order valence-electron chi connectivity index (χ4n) is 2.74. The molecule has 0 spiro atoms. The van der Waals surface area contributed by atoms with Crippen molar-refractivity contribution in [3.05, 3.63) is 46.1 Å². The highest BCUT2D eigenvalue weighted by Gasteiger charge is 2.32. The number of aryl methyl sites for hydroxylation is 2. The van der Waals surface area contributed by atoms with Crippen LogP contribution in [0.4, 0.5) is 0 Å². The van der Waals surface area contributed by atoms with Gasteiger partial charge in [-0.1, -0.05) is 22.8 Å². The molecule has 1 aliphatic heterocycles. The number of piperazine rings is 1. The van der Waals surface area contributed by atoms with Gasteiger partial charge in [0.2, 0.25) is 5.89 Å². The molecule has 0 N–H and O–H groups in total. The van der Waals surface area contributed by atoms with E-state index in [9.17, 15) is 4.79 Å². The van der Waals surface area contributed by atoms with E-state index in [-0.39, 0.29) is 11.9 Å². The van der Waals surface area contributed by atoms with Gasteiger partial charge in [0, 0.05) is 19.6 Å². The number of rotatable bonds is 2. The van der Waals surface area contributed by atoms with Gasteiger partial charge in [-0.3, -0.25) is 9.69 Å². The van der Waals surface area contributed by atoms with Gasteiger partial charge in [-0.25, -0.2) is 0 Å². The Morgan fingerprint density at radius 1 is 1.35 bits per heavy atom. The van der Waals surface area contributed by atoms with Crippen LogP contribution in [0.1, 0.15) is 33.7 Å². The summed E-state index contributed by atoms with van der Waals surface area (Å²) < 4.78 is 5.28. The van der Waals surface area contributed by atoms with E-state index < -0.39 is 0 Å². The third-order valence-corrected chi connectivity index (χ3v) is 4.43. The summed E-state index contributed by atoms with van der Waals surface area (Å²) in [5.74, 6) is 1.07. The van der Waals surface area contributed by atoms with Gasteiger partial charge < -0.3 is 9.42 Å².